The van der Waals surface area contributed by atoms with Crippen LogP contribution in [0.15, 0.2) is 23.2 Å². The number of fused-ring (bicyclic) bond motifs is 1. The fourth-order valence-electron chi connectivity index (χ4n) is 1.38. The Kier molecular flexibility index (Phi) is 2.17. The molecule has 2 rings (SSSR count). The molecule has 2 heteroatoms. The third-order valence-electron chi connectivity index (χ3n) is 1.97. The van der Waals surface area contributed by atoms with Crippen molar-refractivity contribution in [2.24, 2.45) is 0 Å². The van der Waals surface area contributed by atoms with Crippen molar-refractivity contribution in [2.75, 3.05) is 6.61 Å². The van der Waals surface area contributed by atoms with Crippen molar-refractivity contribution in [3.63, 3.8) is 0 Å². The molecule has 1 aliphatic heterocycles. The van der Waals surface area contributed by atoms with E-state index in [9.17, 15) is 0 Å². The van der Waals surface area contributed by atoms with E-state index in [1.54, 1.807) is 0 Å². The molecule has 1 nitrogen and oxygen atoms in total. The van der Waals surface area contributed by atoms with Crippen molar-refractivity contribution in [3.05, 3.63) is 34.3 Å². The van der Waals surface area contributed by atoms with Crippen LogP contribution in [-0.2, 0) is 6.42 Å². The highest BCUT2D eigenvalue weighted by molar-refractivity contribution is 9.11. The molecule has 12 heavy (non-hydrogen) atoms. The number of hydrogen-bond acceptors (Lipinski definition) is 1. The third-order valence-corrected chi connectivity index (χ3v) is 2.23. The summed E-state index contributed by atoms with van der Waals surface area (Å²) >= 11 is 3.25. The molecule has 1 aromatic rings. The van der Waals surface area contributed by atoms with Crippen molar-refractivity contribution >= 4 is 22.0 Å². The van der Waals surface area contributed by atoms with Gasteiger partial charge in [0.1, 0.15) is 5.75 Å². The van der Waals surface area contributed by atoms with Gasteiger partial charge in [-0.1, -0.05) is 22.0 Å². The number of rotatable bonds is 1. The van der Waals surface area contributed by atoms with E-state index >= 15 is 0 Å². The van der Waals surface area contributed by atoms with Crippen molar-refractivity contribution in [1.29, 1.82) is 0 Å². The molecular weight excluding hydrogens is 216 g/mol. The predicted octanol–water partition coefficient (Wildman–Crippen LogP) is 2.99. The van der Waals surface area contributed by atoms with E-state index in [0.29, 0.717) is 0 Å². The van der Waals surface area contributed by atoms with Gasteiger partial charge in [0.25, 0.3) is 0 Å². The number of benzene rings is 1. The minimum atomic E-state index is 0.830. The smallest absolute Gasteiger partial charge is 0.122 e. The van der Waals surface area contributed by atoms with Crippen LogP contribution in [0.25, 0.3) is 6.08 Å². The molecule has 0 aliphatic carbocycles. The number of ether oxygens (including phenoxy) is 1. The summed E-state index contributed by atoms with van der Waals surface area (Å²) in [6.45, 7) is 0.830. The molecule has 0 spiro atoms. The van der Waals surface area contributed by atoms with Gasteiger partial charge in [-0.3, -0.25) is 0 Å². The zero-order valence-electron chi connectivity index (χ0n) is 6.59. The van der Waals surface area contributed by atoms with Gasteiger partial charge >= 0.3 is 0 Å². The Bertz CT molecular complexity index is 318. The van der Waals surface area contributed by atoms with Crippen LogP contribution in [-0.4, -0.2) is 6.61 Å². The number of hydrogen-bond donors (Lipinski definition) is 0. The maximum absolute atomic E-state index is 5.40. The molecule has 0 saturated heterocycles. The predicted molar refractivity (Wildman–Crippen MR) is 53.6 cm³/mol. The van der Waals surface area contributed by atoms with Crippen molar-refractivity contribution < 1.29 is 4.74 Å². The Balaban J connectivity index is 2.38. The molecule has 0 unspecified atom stereocenters. The van der Waals surface area contributed by atoms with E-state index in [0.717, 1.165) is 18.8 Å². The van der Waals surface area contributed by atoms with Gasteiger partial charge in [0.05, 0.1) is 6.61 Å². The monoisotopic (exact) mass is 224 g/mol. The largest absolute Gasteiger partial charge is 0.493 e. The summed E-state index contributed by atoms with van der Waals surface area (Å²) in [7, 11) is 0. The van der Waals surface area contributed by atoms with E-state index in [-0.39, 0.29) is 0 Å². The quantitative estimate of drug-likeness (QED) is 0.713. The van der Waals surface area contributed by atoms with Crippen LogP contribution >= 0.6 is 15.9 Å². The second kappa shape index (κ2) is 3.31. The fraction of sp³-hybridized carbons (Fsp3) is 0.200. The Morgan fingerprint density at radius 2 is 2.33 bits per heavy atom. The lowest BCUT2D eigenvalue weighted by molar-refractivity contribution is 0.357. The summed E-state index contributed by atoms with van der Waals surface area (Å²) in [6, 6.07) is 6.26. The molecule has 0 bridgehead atoms. The van der Waals surface area contributed by atoms with Crippen molar-refractivity contribution in [3.8, 4) is 5.75 Å². The van der Waals surface area contributed by atoms with Crippen molar-refractivity contribution in [2.45, 2.75) is 6.42 Å². The van der Waals surface area contributed by atoms with Gasteiger partial charge in [0, 0.05) is 6.42 Å². The molecule has 1 aliphatic rings. The first kappa shape index (κ1) is 7.87. The van der Waals surface area contributed by atoms with Gasteiger partial charge in [-0.05, 0) is 34.3 Å². The molecule has 0 amide bonds. The van der Waals surface area contributed by atoms with E-state index < -0.39 is 0 Å². The summed E-state index contributed by atoms with van der Waals surface area (Å²) in [5.74, 6) is 1.04. The van der Waals surface area contributed by atoms with Crippen molar-refractivity contribution in [1.82, 2.24) is 0 Å². The first-order valence-electron chi connectivity index (χ1n) is 3.92. The van der Waals surface area contributed by atoms with Crippen LogP contribution in [0.2, 0.25) is 0 Å². The molecule has 62 valence electrons. The van der Waals surface area contributed by atoms with Gasteiger partial charge in [0.2, 0.25) is 0 Å². The summed E-state index contributed by atoms with van der Waals surface area (Å²) in [5.41, 5.74) is 2.54. The first-order valence-corrected chi connectivity index (χ1v) is 4.84. The van der Waals surface area contributed by atoms with Crippen LogP contribution in [0.5, 0.6) is 5.75 Å². The van der Waals surface area contributed by atoms with Crippen LogP contribution in [0.3, 0.4) is 0 Å². The summed E-state index contributed by atoms with van der Waals surface area (Å²) < 4.78 is 5.40. The maximum atomic E-state index is 5.40. The fourth-order valence-corrected chi connectivity index (χ4v) is 1.69. The zero-order valence-corrected chi connectivity index (χ0v) is 8.17. The average Bonchev–Trinajstić information content (AvgIpc) is 2.51. The normalized spacial score (nSPS) is 14.8. The van der Waals surface area contributed by atoms with Gasteiger partial charge in [-0.15, -0.1) is 0 Å². The molecular formula is C10H9BrO. The van der Waals surface area contributed by atoms with E-state index in [4.69, 9.17) is 4.74 Å². The second-order valence-corrected chi connectivity index (χ2v) is 3.29. The highest BCUT2D eigenvalue weighted by atomic mass is 79.9. The van der Waals surface area contributed by atoms with E-state index in [1.807, 2.05) is 17.1 Å². The Morgan fingerprint density at radius 1 is 1.42 bits per heavy atom. The van der Waals surface area contributed by atoms with Gasteiger partial charge in [-0.2, -0.15) is 0 Å². The minimum Gasteiger partial charge on any atom is -0.493 e. The molecule has 0 aromatic heterocycles. The highest BCUT2D eigenvalue weighted by Crippen LogP contribution is 2.26. The van der Waals surface area contributed by atoms with Crippen LogP contribution in [0, 0.1) is 0 Å². The zero-order chi connectivity index (χ0) is 8.39. The maximum Gasteiger partial charge on any atom is 0.122 e. The third kappa shape index (κ3) is 1.39. The van der Waals surface area contributed by atoms with E-state index in [1.165, 1.54) is 11.1 Å². The van der Waals surface area contributed by atoms with E-state index in [2.05, 4.69) is 28.1 Å². The Labute approximate surface area is 80.2 Å². The number of halogens is 1. The summed E-state index contributed by atoms with van der Waals surface area (Å²) in [5, 5.41) is 0. The van der Waals surface area contributed by atoms with Gasteiger partial charge in [-0.25, -0.2) is 0 Å². The molecule has 0 fully saturated rings. The van der Waals surface area contributed by atoms with Crippen LogP contribution in [0.1, 0.15) is 11.1 Å². The SMILES string of the molecule is Br/C=C/c1ccc2c(c1)CCO2. The lowest BCUT2D eigenvalue weighted by Crippen LogP contribution is -1.85. The molecule has 0 atom stereocenters. The average molecular weight is 225 g/mol. The Hall–Kier alpha value is -0.760. The molecule has 1 aromatic carbocycles. The Morgan fingerprint density at radius 3 is 3.17 bits per heavy atom. The molecule has 0 N–H and O–H groups in total. The molecule has 0 radical (unpaired) electrons. The first-order chi connectivity index (χ1) is 5.90. The van der Waals surface area contributed by atoms with Crippen LogP contribution in [0.4, 0.5) is 0 Å². The van der Waals surface area contributed by atoms with Crippen LogP contribution < -0.4 is 4.74 Å². The molecule has 0 saturated carbocycles. The summed E-state index contributed by atoms with van der Waals surface area (Å²) in [4.78, 5) is 1.87. The topological polar surface area (TPSA) is 9.23 Å². The van der Waals surface area contributed by atoms with Gasteiger partial charge < -0.3 is 4.74 Å². The lowest BCUT2D eigenvalue weighted by atomic mass is 10.1. The summed E-state index contributed by atoms with van der Waals surface area (Å²) in [6.07, 6.45) is 3.07. The second-order valence-electron chi connectivity index (χ2n) is 2.76. The lowest BCUT2D eigenvalue weighted by Gasteiger charge is -1.98. The van der Waals surface area contributed by atoms with Gasteiger partial charge in [0.15, 0.2) is 0 Å². The molecule has 1 heterocycles. The highest BCUT2D eigenvalue weighted by Gasteiger charge is 2.10. The standard InChI is InChI=1S/C10H9BrO/c11-5-3-8-1-2-10-9(7-8)4-6-12-10/h1-3,5,7H,4,6H2/b5-3+. The minimum absolute atomic E-state index is 0.830.